The molecular weight excluding hydrogens is 1420 g/mol. The molecule has 0 aromatic carbocycles. The van der Waals surface area contributed by atoms with Crippen LogP contribution in [0.15, 0.2) is 12.2 Å². The van der Waals surface area contributed by atoms with Crippen molar-refractivity contribution in [2.45, 2.75) is 267 Å². The topological polar surface area (TPSA) is 289 Å². The Morgan fingerprint density at radius 2 is 1.35 bits per heavy atom. The van der Waals surface area contributed by atoms with Crippen LogP contribution in [0.5, 0.6) is 0 Å². The molecular formula is C76H121ClF4N12O14. The first-order valence-electron chi connectivity index (χ1n) is 38.7. The van der Waals surface area contributed by atoms with Gasteiger partial charge in [0.15, 0.2) is 0 Å². The summed E-state index contributed by atoms with van der Waals surface area (Å²) in [6, 6.07) is -10.6. The van der Waals surface area contributed by atoms with Crippen LogP contribution in [0.25, 0.3) is 0 Å². The van der Waals surface area contributed by atoms with Crippen LogP contribution >= 0.6 is 11.6 Å². The van der Waals surface area contributed by atoms with E-state index in [1.54, 1.807) is 39.8 Å². The lowest BCUT2D eigenvalue weighted by molar-refractivity contribution is -0.184. The quantitative estimate of drug-likeness (QED) is 0.105. The second kappa shape index (κ2) is 37.8. The molecule has 4 aliphatic carbocycles. The van der Waals surface area contributed by atoms with Crippen molar-refractivity contribution in [2.24, 2.45) is 35.0 Å². The minimum absolute atomic E-state index is 0.00270. The van der Waals surface area contributed by atoms with Crippen molar-refractivity contribution >= 4 is 82.5 Å². The lowest BCUT2D eigenvalue weighted by Gasteiger charge is -2.54. The molecule has 604 valence electrons. The second-order valence-electron chi connectivity index (χ2n) is 32.6. The van der Waals surface area contributed by atoms with E-state index in [-0.39, 0.29) is 110 Å². The highest BCUT2D eigenvalue weighted by Crippen LogP contribution is 2.50. The molecule has 7 rings (SSSR count). The van der Waals surface area contributed by atoms with Crippen LogP contribution in [-0.2, 0) is 67.0 Å². The molecule has 12 amide bonds. The molecule has 3 heterocycles. The number of carbonyl (C=O) groups excluding carboxylic acids is 12. The Hall–Kier alpha value is -6.69. The van der Waals surface area contributed by atoms with Crippen molar-refractivity contribution in [1.82, 2.24) is 60.0 Å². The molecule has 3 N–H and O–H groups in total. The molecule has 14 atom stereocenters. The predicted octanol–water partition coefficient (Wildman–Crippen LogP) is 5.85. The number of hydrogen-bond donors (Lipinski definition) is 3. The third kappa shape index (κ3) is 21.3. The molecule has 31 heteroatoms. The van der Waals surface area contributed by atoms with E-state index in [2.05, 4.69) is 16.0 Å². The first-order valence-corrected chi connectivity index (χ1v) is 39.1. The Morgan fingerprint density at radius 1 is 0.701 bits per heavy atom. The van der Waals surface area contributed by atoms with Gasteiger partial charge in [-0.15, -0.1) is 11.6 Å². The standard InChI is InChI=1S/C76H121ClF4N12O14/c1-16-24-53-65(97)83-63(45(4)17-2)71(103)87(10)42-61(96)89(12)54-27-20-19-23-34-92(70(54)102)57(36-46-28-31-49(32-29-46)76(79,80)81)69(101)86(9)41-59(94)82-52(33-30-47-35-51(78)62(77)58(37-47)106-15)67(99)93-40-50(107-18-3)38-55(93)66(98)84-75(43-74(5,6)44-75)73(105)91(14)64(48-25-21-22-26-48)72(104)90(13)56(68(100)85(7)8)39-60(95)88(53)11/h19-20,45-58,62-64H,16-18,21-44H2,1-15H3,(H,82,94)(H,83,97)(H,84,98)/b20-19-/t45-,46?,47?,49?,50+,51?,52-,53-,54-,55-,56-,57-,58?,62?,63-,64-/m0/s1. The predicted molar refractivity (Wildman–Crippen MR) is 392 cm³/mol. The van der Waals surface area contributed by atoms with E-state index in [4.69, 9.17) is 21.1 Å². The maximum absolute atomic E-state index is 15.8. The zero-order valence-electron chi connectivity index (χ0n) is 65.7. The van der Waals surface area contributed by atoms with E-state index in [1.807, 2.05) is 13.8 Å². The summed E-state index contributed by atoms with van der Waals surface area (Å²) in [5, 5.41) is 7.84. The summed E-state index contributed by atoms with van der Waals surface area (Å²) in [4.78, 5) is 193. The fourth-order valence-electron chi connectivity index (χ4n) is 17.6. The van der Waals surface area contributed by atoms with Crippen LogP contribution in [0.1, 0.15) is 183 Å². The average molecular weight is 1540 g/mol. The van der Waals surface area contributed by atoms with Gasteiger partial charge in [-0.1, -0.05) is 72.5 Å². The van der Waals surface area contributed by atoms with Crippen LogP contribution in [0.2, 0.25) is 0 Å². The smallest absolute Gasteiger partial charge is 0.380 e. The highest BCUT2D eigenvalue weighted by molar-refractivity contribution is 6.21. The summed E-state index contributed by atoms with van der Waals surface area (Å²) >= 11 is 6.47. The molecule has 2 bridgehead atoms. The first kappa shape index (κ1) is 87.5. The van der Waals surface area contributed by atoms with E-state index < -0.39 is 209 Å². The molecule has 4 saturated carbocycles. The fourth-order valence-corrected chi connectivity index (χ4v) is 18.0. The molecule has 26 nitrogen and oxygen atoms in total. The average Bonchev–Trinajstić information content (AvgIpc) is 1.41. The summed E-state index contributed by atoms with van der Waals surface area (Å²) in [6.45, 7) is 9.53. The van der Waals surface area contributed by atoms with Crippen molar-refractivity contribution in [3.8, 4) is 0 Å². The van der Waals surface area contributed by atoms with E-state index in [1.165, 1.54) is 92.9 Å². The number of nitrogens with zero attached hydrogens (tertiary/aromatic N) is 9. The van der Waals surface area contributed by atoms with Gasteiger partial charge in [0.1, 0.15) is 60.0 Å². The number of carbonyl (C=O) groups is 12. The number of halogens is 5. The monoisotopic (exact) mass is 1540 g/mol. The summed E-state index contributed by atoms with van der Waals surface area (Å²) in [5.74, 6) is -12.0. The summed E-state index contributed by atoms with van der Waals surface area (Å²) < 4.78 is 69.8. The number of nitrogens with one attached hydrogen (secondary N) is 3. The van der Waals surface area contributed by atoms with Crippen LogP contribution < -0.4 is 16.0 Å². The van der Waals surface area contributed by atoms with Crippen molar-refractivity contribution in [3.63, 3.8) is 0 Å². The lowest BCUT2D eigenvalue weighted by atomic mass is 9.58. The molecule has 0 aromatic heterocycles. The van der Waals surface area contributed by atoms with E-state index in [9.17, 15) is 41.9 Å². The normalized spacial score (nSPS) is 32.4. The van der Waals surface area contributed by atoms with E-state index in [0.29, 0.717) is 32.1 Å². The molecule has 6 fully saturated rings. The number of alkyl halides is 5. The van der Waals surface area contributed by atoms with Crippen molar-refractivity contribution in [2.75, 3.05) is 96.3 Å². The third-order valence-corrected chi connectivity index (χ3v) is 24.5. The Balaban J connectivity index is 1.33. The van der Waals surface area contributed by atoms with Crippen LogP contribution in [0, 0.1) is 35.0 Å². The Bertz CT molecular complexity index is 3200. The van der Waals surface area contributed by atoms with Gasteiger partial charge in [0.25, 0.3) is 0 Å². The van der Waals surface area contributed by atoms with Crippen LogP contribution in [0.4, 0.5) is 17.6 Å². The van der Waals surface area contributed by atoms with Gasteiger partial charge in [0.2, 0.25) is 70.9 Å². The van der Waals surface area contributed by atoms with Gasteiger partial charge < -0.3 is 69.5 Å². The van der Waals surface area contributed by atoms with Crippen molar-refractivity contribution in [1.29, 1.82) is 0 Å². The fraction of sp³-hybridized carbons (Fsp3) is 0.816. The highest BCUT2D eigenvalue weighted by atomic mass is 35.5. The Kier molecular flexibility index (Phi) is 30.9. The highest BCUT2D eigenvalue weighted by Gasteiger charge is 2.59. The zero-order valence-corrected chi connectivity index (χ0v) is 66.4. The summed E-state index contributed by atoms with van der Waals surface area (Å²) in [6.07, 6.45) is -0.991. The number of likely N-dealkylation sites (N-methyl/N-ethyl adjacent to an activating group) is 7. The van der Waals surface area contributed by atoms with Crippen LogP contribution in [-0.4, -0.2) is 295 Å². The molecule has 0 radical (unpaired) electrons. The molecule has 107 heavy (non-hydrogen) atoms. The van der Waals surface area contributed by atoms with Crippen LogP contribution in [0.3, 0.4) is 0 Å². The summed E-state index contributed by atoms with van der Waals surface area (Å²) in [5.41, 5.74) is -2.19. The number of hydrogen-bond acceptors (Lipinski definition) is 14. The van der Waals surface area contributed by atoms with Gasteiger partial charge in [-0.2, -0.15) is 13.2 Å². The van der Waals surface area contributed by atoms with Gasteiger partial charge in [-0.25, -0.2) is 4.39 Å². The minimum Gasteiger partial charge on any atom is -0.380 e. The molecule has 4 unspecified atom stereocenters. The summed E-state index contributed by atoms with van der Waals surface area (Å²) in [7, 11) is 12.7. The van der Waals surface area contributed by atoms with Gasteiger partial charge >= 0.3 is 6.18 Å². The maximum atomic E-state index is 15.8. The molecule has 1 spiro atoms. The zero-order chi connectivity index (χ0) is 79.5. The SMILES string of the molecule is CCC[C@H]1C(=O)N[C@@H]([C@@H](C)CC)C(=O)N(C)CC(=O)N(C)[C@H]2C/C=C\CCN(C2=O)[C@@H](CC2CCC(C(F)(F)F)CC2)C(=O)N(C)CC(=O)N[C@@H](CCC2CC(F)C(Cl)C(OC)C2)C(=O)N2C[C@H](OCC)C[C@H]2C(=O)NC2(CC(C)(C)C2)C(=O)N(C)[C@@H](C2CCCC2)C(=O)N(C)[C@H](C(=O)N(C)C)CC(=O)N1C. The van der Waals surface area contributed by atoms with E-state index >= 15 is 33.2 Å². The second-order valence-corrected chi connectivity index (χ2v) is 33.1. The Labute approximate surface area is 634 Å². The number of ether oxygens (including phenoxy) is 2. The van der Waals surface area contributed by atoms with Gasteiger partial charge in [0.05, 0.1) is 43.0 Å². The molecule has 3 aliphatic heterocycles. The number of methoxy groups -OCH3 is 1. The molecule has 0 aromatic rings. The third-order valence-electron chi connectivity index (χ3n) is 24.0. The number of amides is 12. The molecule has 2 saturated heterocycles. The molecule has 7 aliphatic rings. The first-order chi connectivity index (χ1) is 50.2. The van der Waals surface area contributed by atoms with E-state index in [0.717, 1.165) is 27.5 Å². The van der Waals surface area contributed by atoms with Crippen molar-refractivity contribution < 1.29 is 84.6 Å². The largest absolute Gasteiger partial charge is 0.391 e. The number of rotatable bonds is 14. The van der Waals surface area contributed by atoms with Gasteiger partial charge in [-0.05, 0) is 139 Å². The Morgan fingerprint density at radius 3 is 1.93 bits per heavy atom. The van der Waals surface area contributed by atoms with Gasteiger partial charge in [0, 0.05) is 89.6 Å². The number of fused-ring (bicyclic) bond motifs is 3. The maximum Gasteiger partial charge on any atom is 0.391 e. The van der Waals surface area contributed by atoms with Gasteiger partial charge in [-0.3, -0.25) is 57.5 Å². The lowest BCUT2D eigenvalue weighted by Crippen LogP contribution is -2.71. The van der Waals surface area contributed by atoms with Crippen molar-refractivity contribution in [3.05, 3.63) is 12.2 Å². The minimum atomic E-state index is -4.46.